The largest absolute Gasteiger partial charge is 0.310 e. The second-order valence-corrected chi connectivity index (χ2v) is 24.5. The first-order chi connectivity index (χ1) is 37.2. The third-order valence-electron chi connectivity index (χ3n) is 17.6. The zero-order valence-corrected chi connectivity index (χ0v) is 45.5. The van der Waals surface area contributed by atoms with Gasteiger partial charge in [0, 0.05) is 22.4 Å². The van der Waals surface area contributed by atoms with Crippen LogP contribution in [0.4, 0.5) is 17.1 Å². The standard InChI is InChI=1S/C76H63N/c1-73(2,3)54-36-40-59-60-41-37-55(74(4,5)6)47-70(60)76(69(59)46-54)66-28-15-11-23-58(66)64-45-53(35-42-67(64)76)49-33-38-56(39-34-49)77(57-22-17-21-51(44-57)52-32-31-48-19-9-10-20-50(48)43-52)71-30-16-13-24-61(71)62-26-18-29-68-72(62)63-25-12-14-27-65(63)75(68,7)8/h9-47H,1-8H3. The molecule has 0 aromatic heterocycles. The highest BCUT2D eigenvalue weighted by Gasteiger charge is 2.52. The Labute approximate surface area is 455 Å². The van der Waals surface area contributed by atoms with E-state index in [1.807, 2.05) is 0 Å². The highest BCUT2D eigenvalue weighted by molar-refractivity contribution is 6.00. The summed E-state index contributed by atoms with van der Waals surface area (Å²) in [5.74, 6) is 0. The molecular formula is C76H63N. The molecule has 0 N–H and O–H groups in total. The van der Waals surface area contributed by atoms with E-state index in [9.17, 15) is 0 Å². The summed E-state index contributed by atoms with van der Waals surface area (Å²) < 4.78 is 0. The third kappa shape index (κ3) is 7.13. The van der Waals surface area contributed by atoms with E-state index >= 15 is 0 Å². The smallest absolute Gasteiger partial charge is 0.0725 e. The van der Waals surface area contributed by atoms with Crippen LogP contribution in [0.3, 0.4) is 0 Å². The van der Waals surface area contributed by atoms with Crippen molar-refractivity contribution < 1.29 is 0 Å². The van der Waals surface area contributed by atoms with Crippen LogP contribution in [0.25, 0.3) is 77.5 Å². The number of anilines is 3. The van der Waals surface area contributed by atoms with Crippen molar-refractivity contribution in [3.8, 4) is 66.8 Å². The first kappa shape index (κ1) is 47.0. The van der Waals surface area contributed by atoms with Crippen LogP contribution in [0.2, 0.25) is 0 Å². The quantitative estimate of drug-likeness (QED) is 0.160. The second-order valence-electron chi connectivity index (χ2n) is 24.5. The van der Waals surface area contributed by atoms with Gasteiger partial charge in [0.1, 0.15) is 0 Å². The van der Waals surface area contributed by atoms with Crippen LogP contribution in [0.1, 0.15) is 99.9 Å². The molecule has 3 aliphatic rings. The summed E-state index contributed by atoms with van der Waals surface area (Å²) in [6, 6.07) is 90.0. The van der Waals surface area contributed by atoms with Crippen molar-refractivity contribution in [2.24, 2.45) is 0 Å². The number of benzene rings is 11. The van der Waals surface area contributed by atoms with Gasteiger partial charge in [0.05, 0.1) is 11.1 Å². The summed E-state index contributed by atoms with van der Waals surface area (Å²) in [5.41, 5.74) is 28.9. The fourth-order valence-corrected chi connectivity index (χ4v) is 13.6. The molecule has 11 aromatic rings. The zero-order chi connectivity index (χ0) is 52.6. The van der Waals surface area contributed by atoms with Gasteiger partial charge in [-0.1, -0.05) is 250 Å². The van der Waals surface area contributed by atoms with E-state index < -0.39 is 5.41 Å². The van der Waals surface area contributed by atoms with E-state index in [-0.39, 0.29) is 16.2 Å². The van der Waals surface area contributed by atoms with Gasteiger partial charge in [-0.05, 0) is 170 Å². The number of nitrogens with zero attached hydrogens (tertiary/aromatic N) is 1. The number of hydrogen-bond donors (Lipinski definition) is 0. The van der Waals surface area contributed by atoms with Gasteiger partial charge in [-0.25, -0.2) is 0 Å². The van der Waals surface area contributed by atoms with Crippen LogP contribution in [0, 0.1) is 0 Å². The predicted octanol–water partition coefficient (Wildman–Crippen LogP) is 20.6. The van der Waals surface area contributed by atoms with E-state index in [2.05, 4.69) is 297 Å². The molecule has 0 saturated carbocycles. The molecule has 77 heavy (non-hydrogen) atoms. The summed E-state index contributed by atoms with van der Waals surface area (Å²) in [7, 11) is 0. The first-order valence-electron chi connectivity index (χ1n) is 27.6. The van der Waals surface area contributed by atoms with Crippen molar-refractivity contribution in [1.82, 2.24) is 0 Å². The monoisotopic (exact) mass is 989 g/mol. The fourth-order valence-electron chi connectivity index (χ4n) is 13.6. The maximum absolute atomic E-state index is 2.54. The predicted molar refractivity (Wildman–Crippen MR) is 326 cm³/mol. The molecule has 1 nitrogen and oxygen atoms in total. The third-order valence-corrected chi connectivity index (χ3v) is 17.6. The number of hydrogen-bond acceptors (Lipinski definition) is 1. The van der Waals surface area contributed by atoms with Crippen molar-refractivity contribution >= 4 is 27.8 Å². The normalized spacial score (nSPS) is 14.2. The molecule has 1 heteroatoms. The lowest BCUT2D eigenvalue weighted by atomic mass is 9.68. The topological polar surface area (TPSA) is 3.24 Å². The van der Waals surface area contributed by atoms with Crippen molar-refractivity contribution in [3.63, 3.8) is 0 Å². The van der Waals surface area contributed by atoms with Crippen molar-refractivity contribution in [3.05, 3.63) is 281 Å². The fraction of sp³-hybridized carbons (Fsp3) is 0.158. The highest BCUT2D eigenvalue weighted by atomic mass is 15.1. The van der Waals surface area contributed by atoms with Crippen LogP contribution in [0.5, 0.6) is 0 Å². The molecule has 372 valence electrons. The molecule has 0 atom stereocenters. The number of rotatable bonds is 6. The first-order valence-corrected chi connectivity index (χ1v) is 27.6. The van der Waals surface area contributed by atoms with Gasteiger partial charge >= 0.3 is 0 Å². The summed E-state index contributed by atoms with van der Waals surface area (Å²) in [6.07, 6.45) is 0. The zero-order valence-electron chi connectivity index (χ0n) is 45.5. The molecule has 0 fully saturated rings. The lowest BCUT2D eigenvalue weighted by Crippen LogP contribution is -2.27. The van der Waals surface area contributed by atoms with E-state index in [0.29, 0.717) is 0 Å². The molecule has 0 radical (unpaired) electrons. The van der Waals surface area contributed by atoms with Gasteiger partial charge in [-0.15, -0.1) is 0 Å². The molecule has 0 heterocycles. The van der Waals surface area contributed by atoms with Crippen LogP contribution >= 0.6 is 0 Å². The molecule has 0 saturated heterocycles. The Kier molecular flexibility index (Phi) is 10.4. The molecule has 14 rings (SSSR count). The molecule has 3 aliphatic carbocycles. The Morgan fingerprint density at radius 2 is 0.818 bits per heavy atom. The van der Waals surface area contributed by atoms with Gasteiger partial charge in [0.2, 0.25) is 0 Å². The molecule has 0 aliphatic heterocycles. The average molecular weight is 990 g/mol. The maximum atomic E-state index is 2.54. The summed E-state index contributed by atoms with van der Waals surface area (Å²) in [5, 5.41) is 2.48. The lowest BCUT2D eigenvalue weighted by molar-refractivity contribution is 0.586. The van der Waals surface area contributed by atoms with Crippen LogP contribution in [-0.2, 0) is 21.7 Å². The SMILES string of the molecule is CC(C)(C)c1ccc2c(c1)C1(c3ccccc3-c3cc(-c4ccc(N(c5cccc(-c6ccc7ccccc7c6)c5)c5ccccc5-c5cccc6c5-c5ccccc5C6(C)C)cc4)ccc31)c1cc(C(C)(C)C)ccc1-2. The molecular weight excluding hydrogens is 927 g/mol. The van der Waals surface area contributed by atoms with Gasteiger partial charge in [-0.2, -0.15) is 0 Å². The maximum Gasteiger partial charge on any atom is 0.0725 e. The van der Waals surface area contributed by atoms with Crippen LogP contribution in [-0.4, -0.2) is 0 Å². The minimum atomic E-state index is -0.437. The molecule has 0 amide bonds. The van der Waals surface area contributed by atoms with E-state index in [0.717, 1.165) is 17.1 Å². The Bertz CT molecular complexity index is 4140. The van der Waals surface area contributed by atoms with Gasteiger partial charge in [0.25, 0.3) is 0 Å². The van der Waals surface area contributed by atoms with E-state index in [1.54, 1.807) is 0 Å². The summed E-state index contributed by atoms with van der Waals surface area (Å²) in [4.78, 5) is 2.48. The number of fused-ring (bicyclic) bond motifs is 14. The highest BCUT2D eigenvalue weighted by Crippen LogP contribution is 2.64. The molecule has 0 bridgehead atoms. The van der Waals surface area contributed by atoms with Crippen molar-refractivity contribution in [2.45, 2.75) is 77.0 Å². The van der Waals surface area contributed by atoms with Gasteiger partial charge in [-0.3, -0.25) is 0 Å². The van der Waals surface area contributed by atoms with E-state index in [4.69, 9.17) is 0 Å². The number of para-hydroxylation sites is 1. The van der Waals surface area contributed by atoms with E-state index in [1.165, 1.54) is 122 Å². The molecule has 1 spiro atoms. The van der Waals surface area contributed by atoms with Crippen LogP contribution in [0.15, 0.2) is 237 Å². The van der Waals surface area contributed by atoms with Crippen molar-refractivity contribution in [2.75, 3.05) is 4.90 Å². The minimum absolute atomic E-state index is 0.00121. The minimum Gasteiger partial charge on any atom is -0.310 e. The Balaban J connectivity index is 0.924. The van der Waals surface area contributed by atoms with Crippen LogP contribution < -0.4 is 4.90 Å². The summed E-state index contributed by atoms with van der Waals surface area (Å²) in [6.45, 7) is 18.8. The van der Waals surface area contributed by atoms with Crippen molar-refractivity contribution in [1.29, 1.82) is 0 Å². The lowest BCUT2D eigenvalue weighted by Gasteiger charge is -2.32. The average Bonchev–Trinajstić information content (AvgIpc) is 4.13. The Hall–Kier alpha value is -8.52. The Morgan fingerprint density at radius 1 is 0.299 bits per heavy atom. The Morgan fingerprint density at radius 3 is 1.53 bits per heavy atom. The van der Waals surface area contributed by atoms with Gasteiger partial charge < -0.3 is 4.90 Å². The second kappa shape index (κ2) is 17.0. The summed E-state index contributed by atoms with van der Waals surface area (Å²) >= 11 is 0. The molecule has 0 unspecified atom stereocenters. The molecule has 11 aromatic carbocycles. The van der Waals surface area contributed by atoms with Gasteiger partial charge in [0.15, 0.2) is 0 Å².